The summed E-state index contributed by atoms with van der Waals surface area (Å²) in [7, 11) is 0. The Hall–Kier alpha value is -4.04. The van der Waals surface area contributed by atoms with Crippen molar-refractivity contribution >= 4 is 35.5 Å². The highest BCUT2D eigenvalue weighted by molar-refractivity contribution is 5.97. The summed E-state index contributed by atoms with van der Waals surface area (Å²) in [6.45, 7) is 5.20. The van der Waals surface area contributed by atoms with Crippen molar-refractivity contribution in [3.63, 3.8) is 0 Å². The number of hydrogen-bond acceptors (Lipinski definition) is 8. The molecule has 210 valence electrons. The molecule has 0 heterocycles. The van der Waals surface area contributed by atoms with Crippen LogP contribution in [0, 0.1) is 0 Å². The van der Waals surface area contributed by atoms with E-state index in [4.69, 9.17) is 11.5 Å². The van der Waals surface area contributed by atoms with Crippen molar-refractivity contribution in [2.24, 2.45) is 11.5 Å². The van der Waals surface area contributed by atoms with E-state index in [2.05, 4.69) is 21.3 Å². The van der Waals surface area contributed by atoms with Gasteiger partial charge in [0.05, 0.1) is 18.6 Å². The number of rotatable bonds is 14. The zero-order valence-electron chi connectivity index (χ0n) is 21.7. The van der Waals surface area contributed by atoms with E-state index < -0.39 is 77.7 Å². The van der Waals surface area contributed by atoms with Crippen LogP contribution in [0.25, 0.3) is 0 Å². The fourth-order valence-corrected chi connectivity index (χ4v) is 3.21. The molecule has 5 atom stereocenters. The Morgan fingerprint density at radius 2 is 1.50 bits per heavy atom. The largest absolute Gasteiger partial charge is 0.480 e. The van der Waals surface area contributed by atoms with Crippen molar-refractivity contribution in [2.75, 3.05) is 0 Å². The van der Waals surface area contributed by atoms with Crippen LogP contribution in [0.1, 0.15) is 39.7 Å². The molecule has 0 aliphatic rings. The number of aliphatic carboxylic acids is 1. The molecule has 38 heavy (non-hydrogen) atoms. The molecule has 14 nitrogen and oxygen atoms in total. The van der Waals surface area contributed by atoms with Gasteiger partial charge in [0.1, 0.15) is 23.7 Å². The minimum atomic E-state index is -1.63. The quantitative estimate of drug-likeness (QED) is 0.123. The molecule has 0 aliphatic carbocycles. The average Bonchev–Trinajstić information content (AvgIpc) is 2.81. The average molecular weight is 537 g/mol. The molecular weight excluding hydrogens is 500 g/mol. The van der Waals surface area contributed by atoms with Gasteiger partial charge in [-0.25, -0.2) is 4.79 Å². The molecule has 0 fully saturated rings. The minimum absolute atomic E-state index is 0.0275. The Morgan fingerprint density at radius 1 is 0.921 bits per heavy atom. The molecule has 5 amide bonds. The summed E-state index contributed by atoms with van der Waals surface area (Å²) in [6.07, 6.45) is -1.86. The van der Waals surface area contributed by atoms with E-state index in [1.165, 1.54) is 27.7 Å². The molecule has 0 unspecified atom stereocenters. The van der Waals surface area contributed by atoms with Gasteiger partial charge in [-0.1, -0.05) is 30.3 Å². The molecule has 0 saturated carbocycles. The normalized spacial score (nSPS) is 15.1. The molecule has 0 saturated heterocycles. The highest BCUT2D eigenvalue weighted by Gasteiger charge is 2.36. The third-order valence-electron chi connectivity index (χ3n) is 5.46. The molecule has 1 aromatic rings. The molecule has 0 bridgehead atoms. The van der Waals surface area contributed by atoms with Crippen LogP contribution < -0.4 is 32.7 Å². The lowest BCUT2D eigenvalue weighted by Crippen LogP contribution is -2.63. The van der Waals surface area contributed by atoms with Gasteiger partial charge in [0.2, 0.25) is 29.5 Å². The second-order valence-corrected chi connectivity index (χ2v) is 9.40. The third kappa shape index (κ3) is 10.1. The van der Waals surface area contributed by atoms with Gasteiger partial charge in [-0.2, -0.15) is 0 Å². The first-order chi connectivity index (χ1) is 17.5. The number of carbonyl (C=O) groups is 6. The smallest absolute Gasteiger partial charge is 0.326 e. The van der Waals surface area contributed by atoms with Gasteiger partial charge in [-0.3, -0.25) is 24.0 Å². The number of nitrogens with two attached hydrogens (primary N) is 2. The monoisotopic (exact) mass is 536 g/mol. The third-order valence-corrected chi connectivity index (χ3v) is 5.46. The predicted octanol–water partition coefficient (Wildman–Crippen LogP) is -2.73. The zero-order chi connectivity index (χ0) is 29.2. The van der Waals surface area contributed by atoms with Crippen LogP contribution in [-0.4, -0.2) is 81.5 Å². The maximum absolute atomic E-state index is 12.8. The first-order valence-electron chi connectivity index (χ1n) is 11.8. The summed E-state index contributed by atoms with van der Waals surface area (Å²) >= 11 is 0. The van der Waals surface area contributed by atoms with Gasteiger partial charge in [-0.15, -0.1) is 0 Å². The number of carboxylic acids is 1. The van der Waals surface area contributed by atoms with E-state index in [0.29, 0.717) is 5.56 Å². The Balaban J connectivity index is 2.80. The summed E-state index contributed by atoms with van der Waals surface area (Å²) in [4.78, 5) is 72.9. The molecule has 1 aromatic carbocycles. The summed E-state index contributed by atoms with van der Waals surface area (Å²) in [5.41, 5.74) is 9.62. The Labute approximate surface area is 219 Å². The lowest BCUT2D eigenvalue weighted by atomic mass is 10.0. The molecule has 0 radical (unpaired) electrons. The number of carboxylic acid groups (broad SMARTS) is 1. The molecule has 0 spiro atoms. The second kappa shape index (κ2) is 14.0. The number of nitrogens with one attached hydrogen (secondary N) is 4. The molecule has 0 aromatic heterocycles. The van der Waals surface area contributed by atoms with E-state index in [1.807, 2.05) is 0 Å². The lowest BCUT2D eigenvalue weighted by Gasteiger charge is -2.30. The standard InChI is InChI=1S/C24H36N6O8/c1-12(19(33)28-16(22(36)37)10-14-8-6-5-7-9-14)27-23(38)24(3,4)30-21(35)18(13(2)31)29-20(34)15(25)11-17(26)32/h5-9,12-13,15-16,18,31H,10-11,25H2,1-4H3,(H2,26,32)(H,27,38)(H,28,33)(H,29,34)(H,30,35)(H,36,37)/t12-,13+,15-,16-,18-/m0/s1. The topological polar surface area (TPSA) is 243 Å². The van der Waals surface area contributed by atoms with Crippen molar-refractivity contribution in [3.8, 4) is 0 Å². The van der Waals surface area contributed by atoms with Gasteiger partial charge < -0.3 is 42.9 Å². The SMILES string of the molecule is C[C@H](NC(=O)C(C)(C)NC(=O)[C@@H](NC(=O)[C@@H](N)CC(N)=O)[C@@H](C)O)C(=O)N[C@@H](Cc1ccccc1)C(=O)O. The molecule has 10 N–H and O–H groups in total. The first-order valence-corrected chi connectivity index (χ1v) is 11.8. The van der Waals surface area contributed by atoms with Gasteiger partial charge in [-0.05, 0) is 33.3 Å². The van der Waals surface area contributed by atoms with Gasteiger partial charge >= 0.3 is 5.97 Å². The fourth-order valence-electron chi connectivity index (χ4n) is 3.21. The van der Waals surface area contributed by atoms with Crippen LogP contribution in [0.4, 0.5) is 0 Å². The summed E-state index contributed by atoms with van der Waals surface area (Å²) in [5.74, 6) is -5.51. The number of hydrogen-bond donors (Lipinski definition) is 8. The van der Waals surface area contributed by atoms with Crippen molar-refractivity contribution in [2.45, 2.75) is 76.3 Å². The van der Waals surface area contributed by atoms with Crippen LogP contribution in [-0.2, 0) is 35.2 Å². The number of aliphatic hydroxyl groups excluding tert-OH is 1. The summed E-state index contributed by atoms with van der Waals surface area (Å²) in [5, 5.41) is 28.8. The fraction of sp³-hybridized carbons (Fsp3) is 0.500. The van der Waals surface area contributed by atoms with Crippen LogP contribution >= 0.6 is 0 Å². The van der Waals surface area contributed by atoms with Crippen LogP contribution in [0.3, 0.4) is 0 Å². The van der Waals surface area contributed by atoms with Gasteiger partial charge in [0.25, 0.3) is 0 Å². The number of aliphatic hydroxyl groups is 1. The summed E-state index contributed by atoms with van der Waals surface area (Å²) in [6, 6.07) is 3.38. The highest BCUT2D eigenvalue weighted by atomic mass is 16.4. The van der Waals surface area contributed by atoms with E-state index in [9.17, 15) is 39.0 Å². The number of amides is 5. The van der Waals surface area contributed by atoms with Gasteiger partial charge in [0, 0.05) is 6.42 Å². The van der Waals surface area contributed by atoms with Crippen LogP contribution in [0.2, 0.25) is 0 Å². The van der Waals surface area contributed by atoms with Crippen molar-refractivity contribution < 1.29 is 39.0 Å². The van der Waals surface area contributed by atoms with Crippen molar-refractivity contribution in [1.82, 2.24) is 21.3 Å². The van der Waals surface area contributed by atoms with E-state index in [-0.39, 0.29) is 6.42 Å². The van der Waals surface area contributed by atoms with E-state index in [1.54, 1.807) is 30.3 Å². The van der Waals surface area contributed by atoms with Crippen LogP contribution in [0.5, 0.6) is 0 Å². The Morgan fingerprint density at radius 3 is 2.00 bits per heavy atom. The first kappa shape index (κ1) is 32.0. The zero-order valence-corrected chi connectivity index (χ0v) is 21.7. The number of carbonyl (C=O) groups excluding carboxylic acids is 5. The lowest BCUT2D eigenvalue weighted by molar-refractivity contribution is -0.142. The number of primary amides is 1. The maximum atomic E-state index is 12.8. The van der Waals surface area contributed by atoms with E-state index in [0.717, 1.165) is 0 Å². The molecule has 0 aliphatic heterocycles. The van der Waals surface area contributed by atoms with Crippen molar-refractivity contribution in [3.05, 3.63) is 35.9 Å². The summed E-state index contributed by atoms with van der Waals surface area (Å²) < 4.78 is 0. The molecule has 1 rings (SSSR count). The van der Waals surface area contributed by atoms with E-state index >= 15 is 0 Å². The van der Waals surface area contributed by atoms with Crippen LogP contribution in [0.15, 0.2) is 30.3 Å². The number of benzene rings is 1. The Bertz CT molecular complexity index is 1030. The van der Waals surface area contributed by atoms with Crippen molar-refractivity contribution in [1.29, 1.82) is 0 Å². The predicted molar refractivity (Wildman–Crippen MR) is 135 cm³/mol. The highest BCUT2D eigenvalue weighted by Crippen LogP contribution is 2.07. The molecule has 14 heteroatoms. The Kier molecular flexibility index (Phi) is 11.8. The molecular formula is C24H36N6O8. The second-order valence-electron chi connectivity index (χ2n) is 9.40. The minimum Gasteiger partial charge on any atom is -0.480 e. The van der Waals surface area contributed by atoms with Gasteiger partial charge in [0.15, 0.2) is 0 Å². The maximum Gasteiger partial charge on any atom is 0.326 e.